The number of hydrogen-bond donors (Lipinski definition) is 2. The zero-order valence-electron chi connectivity index (χ0n) is 8.16. The molecule has 1 rings (SSSR count). The van der Waals surface area contributed by atoms with Crippen molar-refractivity contribution in [1.82, 2.24) is 5.32 Å². The van der Waals surface area contributed by atoms with E-state index in [4.69, 9.17) is 9.84 Å². The normalized spacial score (nSPS) is 25.8. The summed E-state index contributed by atoms with van der Waals surface area (Å²) in [6.07, 6.45) is 1.40. The van der Waals surface area contributed by atoms with E-state index in [1.165, 1.54) is 0 Å². The number of rotatable bonds is 3. The van der Waals surface area contributed by atoms with Crippen LogP contribution >= 0.6 is 0 Å². The summed E-state index contributed by atoms with van der Waals surface area (Å²) in [6, 6.07) is -0.0462. The Labute approximate surface area is 82.4 Å². The Balaban J connectivity index is 2.28. The summed E-state index contributed by atoms with van der Waals surface area (Å²) in [5.41, 5.74) is 0. The van der Waals surface area contributed by atoms with Crippen LogP contribution in [0.15, 0.2) is 0 Å². The summed E-state index contributed by atoms with van der Waals surface area (Å²) in [4.78, 5) is 21.6. The number of carbonyl (C=O) groups is 2. The van der Waals surface area contributed by atoms with E-state index in [0.717, 1.165) is 6.42 Å². The minimum absolute atomic E-state index is 0.0462. The van der Waals surface area contributed by atoms with Crippen molar-refractivity contribution in [3.63, 3.8) is 0 Å². The van der Waals surface area contributed by atoms with Crippen LogP contribution in [0.3, 0.4) is 0 Å². The second-order valence-corrected chi connectivity index (χ2v) is 3.41. The van der Waals surface area contributed by atoms with E-state index < -0.39 is 12.1 Å². The molecule has 80 valence electrons. The van der Waals surface area contributed by atoms with Gasteiger partial charge in [-0.2, -0.15) is 0 Å². The Hall–Kier alpha value is -1.26. The van der Waals surface area contributed by atoms with Crippen molar-refractivity contribution in [1.29, 1.82) is 0 Å². The van der Waals surface area contributed by atoms with Gasteiger partial charge in [-0.05, 0) is 26.2 Å². The molecule has 1 aliphatic rings. The first kappa shape index (κ1) is 10.8. The van der Waals surface area contributed by atoms with Crippen LogP contribution in [0, 0.1) is 5.92 Å². The van der Waals surface area contributed by atoms with Crippen LogP contribution in [-0.4, -0.2) is 29.8 Å². The number of nitrogens with one attached hydrogen (secondary N) is 1. The maximum Gasteiger partial charge on any atom is 0.407 e. The molecule has 0 aromatic rings. The summed E-state index contributed by atoms with van der Waals surface area (Å²) in [5.74, 6) is -1.10. The number of amides is 1. The molecule has 0 aromatic heterocycles. The van der Waals surface area contributed by atoms with Gasteiger partial charge < -0.3 is 15.2 Å². The molecule has 1 amide bonds. The topological polar surface area (TPSA) is 75.6 Å². The maximum absolute atomic E-state index is 11.0. The number of aliphatic carboxylic acids is 1. The third kappa shape index (κ3) is 2.90. The zero-order valence-corrected chi connectivity index (χ0v) is 8.16. The van der Waals surface area contributed by atoms with E-state index in [1.807, 2.05) is 0 Å². The Bertz CT molecular complexity index is 229. The smallest absolute Gasteiger partial charge is 0.407 e. The molecule has 2 N–H and O–H groups in total. The van der Waals surface area contributed by atoms with Crippen molar-refractivity contribution < 1.29 is 19.4 Å². The van der Waals surface area contributed by atoms with Crippen LogP contribution < -0.4 is 5.32 Å². The molecule has 0 heterocycles. The average molecular weight is 201 g/mol. The fraction of sp³-hybridized carbons (Fsp3) is 0.778. The molecule has 0 aromatic carbocycles. The first-order valence-electron chi connectivity index (χ1n) is 4.79. The largest absolute Gasteiger partial charge is 0.481 e. The van der Waals surface area contributed by atoms with E-state index in [-0.39, 0.29) is 12.0 Å². The lowest BCUT2D eigenvalue weighted by Gasteiger charge is -2.11. The van der Waals surface area contributed by atoms with Crippen molar-refractivity contribution in [2.45, 2.75) is 32.2 Å². The van der Waals surface area contributed by atoms with Crippen LogP contribution in [0.25, 0.3) is 0 Å². The quantitative estimate of drug-likeness (QED) is 0.713. The predicted octanol–water partition coefficient (Wildman–Crippen LogP) is 0.986. The first-order chi connectivity index (χ1) is 6.63. The summed E-state index contributed by atoms with van der Waals surface area (Å²) in [6.45, 7) is 2.06. The monoisotopic (exact) mass is 201 g/mol. The van der Waals surface area contributed by atoms with E-state index in [0.29, 0.717) is 19.4 Å². The van der Waals surface area contributed by atoms with Gasteiger partial charge in [-0.1, -0.05) is 0 Å². The lowest BCUT2D eigenvalue weighted by atomic mass is 10.1. The molecule has 1 saturated carbocycles. The van der Waals surface area contributed by atoms with Crippen molar-refractivity contribution in [2.75, 3.05) is 6.61 Å². The summed E-state index contributed by atoms with van der Waals surface area (Å²) in [5, 5.41) is 11.4. The molecule has 1 aliphatic carbocycles. The van der Waals surface area contributed by atoms with Crippen molar-refractivity contribution in [2.24, 2.45) is 5.92 Å². The van der Waals surface area contributed by atoms with Gasteiger partial charge in [-0.25, -0.2) is 4.79 Å². The van der Waals surface area contributed by atoms with Gasteiger partial charge in [-0.15, -0.1) is 0 Å². The predicted molar refractivity (Wildman–Crippen MR) is 48.9 cm³/mol. The molecule has 2 atom stereocenters. The minimum atomic E-state index is -0.779. The van der Waals surface area contributed by atoms with Crippen molar-refractivity contribution in [3.8, 4) is 0 Å². The van der Waals surface area contributed by atoms with Gasteiger partial charge in [0, 0.05) is 6.04 Å². The van der Waals surface area contributed by atoms with Crippen LogP contribution in [0.5, 0.6) is 0 Å². The van der Waals surface area contributed by atoms with Gasteiger partial charge >= 0.3 is 12.1 Å². The second kappa shape index (κ2) is 4.83. The van der Waals surface area contributed by atoms with Crippen LogP contribution in [0.1, 0.15) is 26.2 Å². The number of ether oxygens (including phenoxy) is 1. The van der Waals surface area contributed by atoms with Crippen LogP contribution in [0.4, 0.5) is 4.79 Å². The number of hydrogen-bond acceptors (Lipinski definition) is 3. The standard InChI is InChI=1S/C9H15NO4/c1-2-14-9(13)10-7-4-3-6(5-7)8(11)12/h6-7H,2-5H2,1H3,(H,10,13)(H,11,12)/t6-,7+/m1/s1. The molecule has 0 saturated heterocycles. The van der Waals surface area contributed by atoms with Crippen molar-refractivity contribution >= 4 is 12.1 Å². The molecule has 0 bridgehead atoms. The third-order valence-corrected chi connectivity index (χ3v) is 2.38. The van der Waals surface area contributed by atoms with Crippen molar-refractivity contribution in [3.05, 3.63) is 0 Å². The summed E-state index contributed by atoms with van der Waals surface area (Å²) >= 11 is 0. The number of carboxylic acids is 1. The van der Waals surface area contributed by atoms with Gasteiger partial charge in [0.25, 0.3) is 0 Å². The SMILES string of the molecule is CCOC(=O)N[C@H]1CC[C@@H](C(=O)O)C1. The number of alkyl carbamates (subject to hydrolysis) is 1. The first-order valence-corrected chi connectivity index (χ1v) is 4.79. The molecular weight excluding hydrogens is 186 g/mol. The van der Waals surface area contributed by atoms with Gasteiger partial charge in [-0.3, -0.25) is 4.79 Å². The number of carbonyl (C=O) groups excluding carboxylic acids is 1. The third-order valence-electron chi connectivity index (χ3n) is 2.38. The van der Waals surface area contributed by atoms with Crippen LogP contribution in [0.2, 0.25) is 0 Å². The van der Waals surface area contributed by atoms with Gasteiger partial charge in [0.2, 0.25) is 0 Å². The molecule has 0 spiro atoms. The average Bonchev–Trinajstić information content (AvgIpc) is 2.53. The lowest BCUT2D eigenvalue weighted by Crippen LogP contribution is -2.33. The molecule has 0 radical (unpaired) electrons. The molecular formula is C9H15NO4. The van der Waals surface area contributed by atoms with E-state index in [2.05, 4.69) is 5.32 Å². The van der Waals surface area contributed by atoms with Gasteiger partial charge in [0.15, 0.2) is 0 Å². The summed E-state index contributed by atoms with van der Waals surface area (Å²) < 4.78 is 4.70. The highest BCUT2D eigenvalue weighted by molar-refractivity contribution is 5.71. The van der Waals surface area contributed by atoms with E-state index >= 15 is 0 Å². The molecule has 5 heteroatoms. The lowest BCUT2D eigenvalue weighted by molar-refractivity contribution is -0.141. The highest BCUT2D eigenvalue weighted by atomic mass is 16.5. The van der Waals surface area contributed by atoms with E-state index in [1.54, 1.807) is 6.92 Å². The molecule has 1 fully saturated rings. The molecule has 5 nitrogen and oxygen atoms in total. The minimum Gasteiger partial charge on any atom is -0.481 e. The maximum atomic E-state index is 11.0. The molecule has 0 aliphatic heterocycles. The Kier molecular flexibility index (Phi) is 3.73. The molecule has 14 heavy (non-hydrogen) atoms. The Morgan fingerprint density at radius 2 is 2.21 bits per heavy atom. The summed E-state index contributed by atoms with van der Waals surface area (Å²) in [7, 11) is 0. The Morgan fingerprint density at radius 1 is 1.50 bits per heavy atom. The van der Waals surface area contributed by atoms with Gasteiger partial charge in [0.05, 0.1) is 12.5 Å². The van der Waals surface area contributed by atoms with E-state index in [9.17, 15) is 9.59 Å². The molecule has 0 unspecified atom stereocenters. The van der Waals surface area contributed by atoms with Gasteiger partial charge in [0.1, 0.15) is 0 Å². The second-order valence-electron chi connectivity index (χ2n) is 3.41. The fourth-order valence-electron chi connectivity index (χ4n) is 1.68. The highest BCUT2D eigenvalue weighted by Crippen LogP contribution is 2.25. The van der Waals surface area contributed by atoms with Crippen LogP contribution in [-0.2, 0) is 9.53 Å². The Morgan fingerprint density at radius 3 is 2.71 bits per heavy atom. The zero-order chi connectivity index (χ0) is 10.6. The fourth-order valence-corrected chi connectivity index (χ4v) is 1.68. The number of carboxylic acid groups (broad SMARTS) is 1. The highest BCUT2D eigenvalue weighted by Gasteiger charge is 2.30.